The van der Waals surface area contributed by atoms with Crippen molar-refractivity contribution >= 4 is 33.1 Å². The Morgan fingerprint density at radius 1 is 1.12 bits per heavy atom. The van der Waals surface area contributed by atoms with E-state index in [1.807, 2.05) is 37.2 Å². The topological polar surface area (TPSA) is 53.2 Å². The van der Waals surface area contributed by atoms with Crippen LogP contribution in [0.3, 0.4) is 0 Å². The van der Waals surface area contributed by atoms with Gasteiger partial charge >= 0.3 is 0 Å². The molecule has 0 aliphatic rings. The van der Waals surface area contributed by atoms with Crippen LogP contribution in [0.5, 0.6) is 0 Å². The van der Waals surface area contributed by atoms with Crippen molar-refractivity contribution < 1.29 is 12.8 Å². The average Bonchev–Trinajstić information content (AvgIpc) is 2.98. The van der Waals surface area contributed by atoms with Crippen LogP contribution in [-0.4, -0.2) is 38.9 Å². The summed E-state index contributed by atoms with van der Waals surface area (Å²) in [5, 5.41) is 0.684. The van der Waals surface area contributed by atoms with Gasteiger partial charge < -0.3 is 9.88 Å². The van der Waals surface area contributed by atoms with E-state index in [2.05, 4.69) is 4.98 Å². The van der Waals surface area contributed by atoms with Gasteiger partial charge in [0.2, 0.25) is 9.84 Å². The number of fused-ring (bicyclic) bond motifs is 1. The molecular weight excluding hydrogens is 363 g/mol. The van der Waals surface area contributed by atoms with E-state index in [0.29, 0.717) is 5.39 Å². The number of sulfone groups is 1. The van der Waals surface area contributed by atoms with Crippen molar-refractivity contribution in [2.24, 2.45) is 0 Å². The van der Waals surface area contributed by atoms with Gasteiger partial charge in [-0.25, -0.2) is 12.8 Å². The van der Waals surface area contributed by atoms with Crippen LogP contribution in [0.25, 0.3) is 10.9 Å². The lowest BCUT2D eigenvalue weighted by molar-refractivity contribution is 0.414. The molecule has 2 aromatic carbocycles. The molecule has 0 saturated heterocycles. The summed E-state index contributed by atoms with van der Waals surface area (Å²) < 4.78 is 39.4. The van der Waals surface area contributed by atoms with Gasteiger partial charge in [-0.05, 0) is 50.3 Å². The molecule has 134 valence electrons. The molecule has 0 fully saturated rings. The Hall–Kier alpha value is -1.89. The standard InChI is InChI=1S/C18H19FN2O2S.ClH/c1-21(2)10-9-13-5-3-8-16-18(13)17(12-20-16)24(22,23)15-7-4-6-14(19)11-15;/h3-8,11-12,20H,9-10H2,1-2H3;1H. The number of nitrogens with one attached hydrogen (secondary N) is 1. The Bertz CT molecular complexity index is 984. The van der Waals surface area contributed by atoms with Crippen molar-refractivity contribution in [3.63, 3.8) is 0 Å². The monoisotopic (exact) mass is 382 g/mol. The fourth-order valence-electron chi connectivity index (χ4n) is 2.75. The van der Waals surface area contributed by atoms with E-state index >= 15 is 0 Å². The molecule has 4 nitrogen and oxygen atoms in total. The first kappa shape index (κ1) is 19.4. The zero-order valence-electron chi connectivity index (χ0n) is 14.0. The van der Waals surface area contributed by atoms with Gasteiger partial charge in [-0.2, -0.15) is 0 Å². The van der Waals surface area contributed by atoms with Gasteiger partial charge in [-0.3, -0.25) is 0 Å². The van der Waals surface area contributed by atoms with Crippen LogP contribution in [-0.2, 0) is 16.3 Å². The number of likely N-dealkylation sites (N-methyl/N-ethyl adjacent to an activating group) is 1. The molecule has 0 aliphatic heterocycles. The fourth-order valence-corrected chi connectivity index (χ4v) is 4.26. The quantitative estimate of drug-likeness (QED) is 0.732. The van der Waals surface area contributed by atoms with Crippen LogP contribution in [0.2, 0.25) is 0 Å². The first-order chi connectivity index (χ1) is 11.4. The van der Waals surface area contributed by atoms with Crippen LogP contribution < -0.4 is 0 Å². The van der Waals surface area contributed by atoms with Crippen molar-refractivity contribution in [1.29, 1.82) is 0 Å². The average molecular weight is 383 g/mol. The number of rotatable bonds is 5. The lowest BCUT2D eigenvalue weighted by Gasteiger charge is -2.11. The predicted molar refractivity (Wildman–Crippen MR) is 99.7 cm³/mol. The molecule has 3 rings (SSSR count). The van der Waals surface area contributed by atoms with Crippen LogP contribution in [0.4, 0.5) is 4.39 Å². The highest BCUT2D eigenvalue weighted by Gasteiger charge is 2.23. The van der Waals surface area contributed by atoms with Crippen LogP contribution in [0, 0.1) is 5.82 Å². The van der Waals surface area contributed by atoms with E-state index < -0.39 is 15.7 Å². The molecule has 7 heteroatoms. The molecule has 0 radical (unpaired) electrons. The molecule has 1 heterocycles. The lowest BCUT2D eigenvalue weighted by Crippen LogP contribution is -2.15. The molecule has 0 aliphatic carbocycles. The summed E-state index contributed by atoms with van der Waals surface area (Å²) in [5.41, 5.74) is 1.72. The summed E-state index contributed by atoms with van der Waals surface area (Å²) in [4.78, 5) is 5.22. The first-order valence-electron chi connectivity index (χ1n) is 7.64. The van der Waals surface area contributed by atoms with Crippen molar-refractivity contribution in [3.05, 3.63) is 60.0 Å². The number of aromatic amines is 1. The second-order valence-electron chi connectivity index (χ2n) is 6.01. The maximum atomic E-state index is 13.5. The molecule has 1 aromatic heterocycles. The van der Waals surface area contributed by atoms with E-state index in [0.717, 1.165) is 30.1 Å². The van der Waals surface area contributed by atoms with Gasteiger partial charge in [0.05, 0.1) is 9.79 Å². The molecule has 25 heavy (non-hydrogen) atoms. The smallest absolute Gasteiger partial charge is 0.208 e. The minimum atomic E-state index is -3.79. The van der Waals surface area contributed by atoms with Crippen LogP contribution in [0.15, 0.2) is 58.5 Å². The second-order valence-corrected chi connectivity index (χ2v) is 7.92. The van der Waals surface area contributed by atoms with Gasteiger partial charge in [0, 0.05) is 23.6 Å². The van der Waals surface area contributed by atoms with Crippen LogP contribution >= 0.6 is 12.4 Å². The van der Waals surface area contributed by atoms with Gasteiger partial charge in [-0.15, -0.1) is 12.4 Å². The highest BCUT2D eigenvalue weighted by molar-refractivity contribution is 7.91. The zero-order valence-corrected chi connectivity index (χ0v) is 15.6. The van der Waals surface area contributed by atoms with Crippen molar-refractivity contribution in [3.8, 4) is 0 Å². The number of H-pyrrole nitrogens is 1. The molecular formula is C18H20ClFN2O2S. The number of hydrogen-bond acceptors (Lipinski definition) is 3. The summed E-state index contributed by atoms with van der Waals surface area (Å²) in [7, 11) is 0.157. The largest absolute Gasteiger partial charge is 0.360 e. The third-order valence-electron chi connectivity index (χ3n) is 3.98. The fraction of sp³-hybridized carbons (Fsp3) is 0.222. The molecule has 1 N–H and O–H groups in total. The molecule has 0 unspecified atom stereocenters. The number of benzene rings is 2. The SMILES string of the molecule is CN(C)CCc1cccc2[nH]cc(S(=O)(=O)c3cccc(F)c3)c12.Cl. The summed E-state index contributed by atoms with van der Waals surface area (Å²) in [5.74, 6) is -0.566. The van der Waals surface area contributed by atoms with Crippen molar-refractivity contribution in [2.75, 3.05) is 20.6 Å². The zero-order chi connectivity index (χ0) is 17.3. The van der Waals surface area contributed by atoms with Gasteiger partial charge in [0.15, 0.2) is 0 Å². The Labute approximate surface area is 153 Å². The van der Waals surface area contributed by atoms with E-state index in [1.54, 1.807) is 0 Å². The summed E-state index contributed by atoms with van der Waals surface area (Å²) >= 11 is 0. The number of aromatic nitrogens is 1. The Morgan fingerprint density at radius 3 is 2.52 bits per heavy atom. The highest BCUT2D eigenvalue weighted by atomic mass is 35.5. The predicted octanol–water partition coefficient (Wildman–Crippen LogP) is 3.67. The van der Waals surface area contributed by atoms with Crippen molar-refractivity contribution in [1.82, 2.24) is 9.88 Å². The molecule has 3 aromatic rings. The molecule has 0 bridgehead atoms. The molecule has 0 spiro atoms. The molecule has 0 atom stereocenters. The summed E-state index contributed by atoms with van der Waals surface area (Å²) in [6.07, 6.45) is 2.22. The van der Waals surface area contributed by atoms with Gasteiger partial charge in [0.1, 0.15) is 5.82 Å². The van der Waals surface area contributed by atoms with Gasteiger partial charge in [-0.1, -0.05) is 18.2 Å². The van der Waals surface area contributed by atoms with Crippen molar-refractivity contribution in [2.45, 2.75) is 16.2 Å². The second kappa shape index (κ2) is 7.56. The number of nitrogens with zero attached hydrogens (tertiary/aromatic N) is 1. The van der Waals surface area contributed by atoms with Crippen LogP contribution in [0.1, 0.15) is 5.56 Å². The summed E-state index contributed by atoms with van der Waals surface area (Å²) in [6, 6.07) is 10.8. The molecule has 0 saturated carbocycles. The van der Waals surface area contributed by atoms with E-state index in [9.17, 15) is 12.8 Å². The third-order valence-corrected chi connectivity index (χ3v) is 5.76. The maximum absolute atomic E-state index is 13.5. The normalized spacial score (nSPS) is 11.7. The Balaban J connectivity index is 0.00000225. The van der Waals surface area contributed by atoms with E-state index in [-0.39, 0.29) is 22.2 Å². The van der Waals surface area contributed by atoms with Gasteiger partial charge in [0.25, 0.3) is 0 Å². The first-order valence-corrected chi connectivity index (χ1v) is 9.12. The minimum absolute atomic E-state index is 0. The van der Waals surface area contributed by atoms with E-state index in [4.69, 9.17) is 0 Å². The van der Waals surface area contributed by atoms with E-state index in [1.165, 1.54) is 24.4 Å². The summed E-state index contributed by atoms with van der Waals surface area (Å²) in [6.45, 7) is 0.809. The number of hydrogen-bond donors (Lipinski definition) is 1. The molecule has 0 amide bonds. The Kier molecular flexibility index (Phi) is 5.87. The maximum Gasteiger partial charge on any atom is 0.208 e. The third kappa shape index (κ3) is 3.86. The highest BCUT2D eigenvalue weighted by Crippen LogP contribution is 2.31. The minimum Gasteiger partial charge on any atom is -0.360 e. The number of halogens is 2. The Morgan fingerprint density at radius 2 is 1.84 bits per heavy atom. The lowest BCUT2D eigenvalue weighted by atomic mass is 10.1.